The molecule has 3 heteroatoms. The molecule has 0 spiro atoms. The van der Waals surface area contributed by atoms with E-state index in [4.69, 9.17) is 8.83 Å². The van der Waals surface area contributed by atoms with E-state index in [-0.39, 0.29) is 0 Å². The number of para-hydroxylation sites is 1. The summed E-state index contributed by atoms with van der Waals surface area (Å²) < 4.78 is 12.8. The third-order valence-corrected chi connectivity index (χ3v) is 11.6. The van der Waals surface area contributed by atoms with Crippen molar-refractivity contribution in [3.63, 3.8) is 0 Å². The molecule has 0 fully saturated rings. The molecule has 0 atom stereocenters. The summed E-state index contributed by atoms with van der Waals surface area (Å²) in [5, 5.41) is 11.7. The fourth-order valence-electron chi connectivity index (χ4n) is 8.94. The fraction of sp³-hybridized carbons (Fsp3) is 0. The second-order valence-electron chi connectivity index (χ2n) is 14.8. The smallest absolute Gasteiger partial charge is 0.143 e. The van der Waals surface area contributed by atoms with Crippen LogP contribution in [0.1, 0.15) is 0 Å². The van der Waals surface area contributed by atoms with Gasteiger partial charge in [-0.05, 0) is 116 Å². The molecule has 0 saturated heterocycles. The monoisotopic (exact) mass is 727 g/mol. The number of anilines is 3. The Labute approximate surface area is 328 Å². The average Bonchev–Trinajstić information content (AvgIpc) is 3.86. The summed E-state index contributed by atoms with van der Waals surface area (Å²) in [6.07, 6.45) is 0. The zero-order valence-electron chi connectivity index (χ0n) is 30.8. The molecule has 12 rings (SSSR count). The van der Waals surface area contributed by atoms with Crippen LogP contribution >= 0.6 is 0 Å². The van der Waals surface area contributed by atoms with E-state index in [0.29, 0.717) is 0 Å². The highest BCUT2D eigenvalue weighted by Gasteiger charge is 2.21. The van der Waals surface area contributed by atoms with Crippen molar-refractivity contribution in [2.75, 3.05) is 4.90 Å². The number of nitrogens with zero attached hydrogens (tertiary/aromatic N) is 1. The summed E-state index contributed by atoms with van der Waals surface area (Å²) in [4.78, 5) is 2.37. The van der Waals surface area contributed by atoms with Crippen LogP contribution in [-0.2, 0) is 0 Å². The predicted molar refractivity (Wildman–Crippen MR) is 239 cm³/mol. The van der Waals surface area contributed by atoms with E-state index < -0.39 is 0 Å². The largest absolute Gasteiger partial charge is 0.456 e. The molecule has 266 valence electrons. The van der Waals surface area contributed by atoms with Gasteiger partial charge in [0, 0.05) is 32.9 Å². The molecule has 0 unspecified atom stereocenters. The summed E-state index contributed by atoms with van der Waals surface area (Å²) in [6.45, 7) is 0. The number of hydrogen-bond donors (Lipinski definition) is 0. The highest BCUT2D eigenvalue weighted by molar-refractivity contribution is 6.20. The van der Waals surface area contributed by atoms with Crippen LogP contribution in [0, 0.1) is 0 Å². The van der Waals surface area contributed by atoms with Crippen molar-refractivity contribution in [3.8, 4) is 22.3 Å². The number of fused-ring (bicyclic) bond motifs is 11. The molecule has 12 aromatic rings. The lowest BCUT2D eigenvalue weighted by Gasteiger charge is -2.27. The Balaban J connectivity index is 1.03. The van der Waals surface area contributed by atoms with Crippen LogP contribution in [0.15, 0.2) is 209 Å². The summed E-state index contributed by atoms with van der Waals surface area (Å²) >= 11 is 0. The van der Waals surface area contributed by atoms with Crippen LogP contribution < -0.4 is 4.90 Å². The fourth-order valence-corrected chi connectivity index (χ4v) is 8.94. The average molecular weight is 728 g/mol. The minimum atomic E-state index is 0.861. The molecule has 0 N–H and O–H groups in total. The Morgan fingerprint density at radius 1 is 0.316 bits per heavy atom. The highest BCUT2D eigenvalue weighted by Crippen LogP contribution is 2.45. The molecule has 0 bridgehead atoms. The van der Waals surface area contributed by atoms with Crippen molar-refractivity contribution in [3.05, 3.63) is 200 Å². The third kappa shape index (κ3) is 4.99. The first-order valence-electron chi connectivity index (χ1n) is 19.4. The first-order chi connectivity index (χ1) is 28.2. The number of furan rings is 2. The molecule has 10 aromatic carbocycles. The molecule has 2 heterocycles. The number of rotatable bonds is 5. The number of benzene rings is 10. The number of hydrogen-bond acceptors (Lipinski definition) is 3. The van der Waals surface area contributed by atoms with Crippen LogP contribution in [0.25, 0.3) is 98.4 Å². The van der Waals surface area contributed by atoms with Crippen LogP contribution in [-0.4, -0.2) is 0 Å². The Kier molecular flexibility index (Phi) is 6.93. The zero-order chi connectivity index (χ0) is 37.5. The lowest BCUT2D eigenvalue weighted by Crippen LogP contribution is -2.10. The highest BCUT2D eigenvalue weighted by atomic mass is 16.3. The minimum Gasteiger partial charge on any atom is -0.456 e. The van der Waals surface area contributed by atoms with Gasteiger partial charge in [0.2, 0.25) is 0 Å². The molecule has 0 amide bonds. The third-order valence-electron chi connectivity index (χ3n) is 11.6. The molecule has 0 aliphatic carbocycles. The Morgan fingerprint density at radius 2 is 0.930 bits per heavy atom. The molecule has 0 aliphatic heterocycles. The van der Waals surface area contributed by atoms with Gasteiger partial charge in [0.25, 0.3) is 0 Å². The second kappa shape index (κ2) is 12.5. The van der Waals surface area contributed by atoms with E-state index in [2.05, 4.69) is 193 Å². The van der Waals surface area contributed by atoms with Gasteiger partial charge in [-0.25, -0.2) is 0 Å². The van der Waals surface area contributed by atoms with Gasteiger partial charge in [-0.15, -0.1) is 0 Å². The maximum absolute atomic E-state index is 6.68. The quantitative estimate of drug-likeness (QED) is 0.165. The van der Waals surface area contributed by atoms with Crippen LogP contribution in [0.5, 0.6) is 0 Å². The predicted octanol–water partition coefficient (Wildman–Crippen LogP) is 15.7. The minimum absolute atomic E-state index is 0.861. The van der Waals surface area contributed by atoms with E-state index in [0.717, 1.165) is 82.8 Å². The normalized spacial score (nSPS) is 11.9. The van der Waals surface area contributed by atoms with Gasteiger partial charge in [-0.3, -0.25) is 0 Å². The molecule has 57 heavy (non-hydrogen) atoms. The van der Waals surface area contributed by atoms with Crippen molar-refractivity contribution in [2.24, 2.45) is 0 Å². The summed E-state index contributed by atoms with van der Waals surface area (Å²) in [5.41, 5.74) is 11.4. The molecule has 0 radical (unpaired) electrons. The van der Waals surface area contributed by atoms with Crippen LogP contribution in [0.4, 0.5) is 17.1 Å². The zero-order valence-corrected chi connectivity index (χ0v) is 30.8. The van der Waals surface area contributed by atoms with Gasteiger partial charge in [-0.2, -0.15) is 0 Å². The lowest BCUT2D eigenvalue weighted by atomic mass is 9.93. The topological polar surface area (TPSA) is 29.5 Å². The maximum atomic E-state index is 6.68. The second-order valence-corrected chi connectivity index (χ2v) is 14.8. The molecule has 3 nitrogen and oxygen atoms in total. The lowest BCUT2D eigenvalue weighted by molar-refractivity contribution is 0.669. The van der Waals surface area contributed by atoms with Crippen molar-refractivity contribution >= 4 is 93.3 Å². The van der Waals surface area contributed by atoms with Gasteiger partial charge in [-0.1, -0.05) is 133 Å². The molecular formula is C54H33NO2. The van der Waals surface area contributed by atoms with E-state index >= 15 is 0 Å². The van der Waals surface area contributed by atoms with Gasteiger partial charge in [0.1, 0.15) is 22.3 Å². The first-order valence-corrected chi connectivity index (χ1v) is 19.4. The Morgan fingerprint density at radius 3 is 1.74 bits per heavy atom. The molecule has 2 aromatic heterocycles. The summed E-state index contributed by atoms with van der Waals surface area (Å²) in [6, 6.07) is 71.6. The molecule has 0 saturated carbocycles. The van der Waals surface area contributed by atoms with E-state index in [9.17, 15) is 0 Å². The summed E-state index contributed by atoms with van der Waals surface area (Å²) in [5.74, 6) is 0. The van der Waals surface area contributed by atoms with Gasteiger partial charge < -0.3 is 13.7 Å². The van der Waals surface area contributed by atoms with Crippen LogP contribution in [0.3, 0.4) is 0 Å². The van der Waals surface area contributed by atoms with Crippen molar-refractivity contribution in [2.45, 2.75) is 0 Å². The first kappa shape index (κ1) is 31.7. The molecule has 0 aliphatic rings. The van der Waals surface area contributed by atoms with Gasteiger partial charge in [0.15, 0.2) is 0 Å². The maximum Gasteiger partial charge on any atom is 0.143 e. The SMILES string of the molecule is c1ccc2c(c1)cc(-c1ccc(N(c3ccc(-c4ccc5oc6ccccc6c5c4)cc3)c3cccc4oc5c6ccccc6ccc5c34)cc1)c1ccccc12. The molecular weight excluding hydrogens is 695 g/mol. The van der Waals surface area contributed by atoms with Crippen molar-refractivity contribution in [1.29, 1.82) is 0 Å². The van der Waals surface area contributed by atoms with E-state index in [1.165, 1.54) is 32.7 Å². The van der Waals surface area contributed by atoms with Crippen molar-refractivity contribution < 1.29 is 8.83 Å². The van der Waals surface area contributed by atoms with Gasteiger partial charge >= 0.3 is 0 Å². The van der Waals surface area contributed by atoms with Crippen LogP contribution in [0.2, 0.25) is 0 Å². The van der Waals surface area contributed by atoms with E-state index in [1.807, 2.05) is 12.1 Å². The Hall–Kier alpha value is -7.62. The van der Waals surface area contributed by atoms with Gasteiger partial charge in [0.05, 0.1) is 11.1 Å². The standard InChI is InChI=1S/C54H33NO2/c1-4-13-42-35(10-1)24-30-46-53-49(17-9-19-52(53)57-54(42)46)55(39-26-20-34(21-27-39)37-25-31-51-48(32-37)45-16-7-8-18-50(45)56-51)40-28-22-36(23-29-40)47-33-38-11-2-3-12-41(38)43-14-5-6-15-44(43)47/h1-33H. The Bertz CT molecular complexity index is 3520. The summed E-state index contributed by atoms with van der Waals surface area (Å²) in [7, 11) is 0. The van der Waals surface area contributed by atoms with E-state index in [1.54, 1.807) is 0 Å². The van der Waals surface area contributed by atoms with Crippen molar-refractivity contribution in [1.82, 2.24) is 0 Å².